The number of Topliss-reactive ketones (excluding diaryl/α,β-unsaturated/α-hetero) is 1. The van der Waals surface area contributed by atoms with Gasteiger partial charge in [0.05, 0.1) is 30.5 Å². The van der Waals surface area contributed by atoms with Crippen LogP contribution in [0.4, 0.5) is 14.5 Å². The lowest BCUT2D eigenvalue weighted by atomic mass is 9.97. The van der Waals surface area contributed by atoms with Gasteiger partial charge in [0, 0.05) is 42.8 Å². The minimum Gasteiger partial charge on any atom is -0.497 e. The number of fused-ring (bicyclic) bond motifs is 1. The number of rotatable bonds is 8. The van der Waals surface area contributed by atoms with Crippen molar-refractivity contribution >= 4 is 17.0 Å². The number of aryl methyl sites for hydroxylation is 1. The first-order chi connectivity index (χ1) is 17.9. The number of carbonyl (C=O) groups excluding carboxylic acids is 1. The van der Waals surface area contributed by atoms with Gasteiger partial charge >= 0.3 is 0 Å². The molecule has 10 heteroatoms. The summed E-state index contributed by atoms with van der Waals surface area (Å²) in [7, 11) is 3.13. The highest BCUT2D eigenvalue weighted by Gasteiger charge is 2.29. The summed E-state index contributed by atoms with van der Waals surface area (Å²) in [5.41, 5.74) is 2.86. The molecule has 37 heavy (non-hydrogen) atoms. The molecule has 0 aliphatic carbocycles. The van der Waals surface area contributed by atoms with Crippen LogP contribution >= 0.6 is 0 Å². The van der Waals surface area contributed by atoms with Crippen LogP contribution in [0.5, 0.6) is 5.75 Å². The van der Waals surface area contributed by atoms with E-state index >= 15 is 0 Å². The molecule has 0 aliphatic rings. The molecule has 5 rings (SSSR count). The molecule has 1 atom stereocenters. The van der Waals surface area contributed by atoms with E-state index in [1.165, 1.54) is 18.0 Å². The zero-order valence-electron chi connectivity index (χ0n) is 20.0. The Balaban J connectivity index is 1.66. The number of aromatic nitrogens is 4. The number of nitrogens with one attached hydrogen (secondary N) is 1. The summed E-state index contributed by atoms with van der Waals surface area (Å²) in [5.74, 6) is -1.45. The highest BCUT2D eigenvalue weighted by Crippen LogP contribution is 2.31. The summed E-state index contributed by atoms with van der Waals surface area (Å²) >= 11 is 0. The first-order valence-corrected chi connectivity index (χ1v) is 11.4. The predicted octanol–water partition coefficient (Wildman–Crippen LogP) is 4.55. The predicted molar refractivity (Wildman–Crippen MR) is 133 cm³/mol. The summed E-state index contributed by atoms with van der Waals surface area (Å²) in [5, 5.41) is 21.7. The molecule has 0 radical (unpaired) electrons. The number of carbonyl (C=O) groups is 1. The first-order valence-electron chi connectivity index (χ1n) is 11.4. The standard InChI is InChI=1S/C27H23F2N5O3/c1-33-14-23(25(32-33)17-10-18(28)12-19(29)11-17)27(36)26(24-5-3-4-21-6-7-30-34(21)24)31-20-8-16(15-35)9-22(13-20)37-2/h3-14,26,31,35H,15H2,1-2H3. The van der Waals surface area contributed by atoms with Gasteiger partial charge < -0.3 is 15.2 Å². The number of aliphatic hydroxyl groups is 1. The molecule has 1 unspecified atom stereocenters. The van der Waals surface area contributed by atoms with E-state index in [0.717, 1.165) is 23.7 Å². The van der Waals surface area contributed by atoms with E-state index in [0.29, 0.717) is 22.7 Å². The summed E-state index contributed by atoms with van der Waals surface area (Å²) in [6.45, 7) is -0.225. The van der Waals surface area contributed by atoms with Crippen LogP contribution in [0.3, 0.4) is 0 Å². The minimum absolute atomic E-state index is 0.140. The van der Waals surface area contributed by atoms with Crippen LogP contribution in [0.2, 0.25) is 0 Å². The molecular weight excluding hydrogens is 480 g/mol. The Morgan fingerprint density at radius 3 is 2.62 bits per heavy atom. The Bertz CT molecular complexity index is 1570. The number of pyridine rings is 1. The molecule has 8 nitrogen and oxygen atoms in total. The fourth-order valence-corrected chi connectivity index (χ4v) is 4.31. The van der Waals surface area contributed by atoms with Crippen molar-refractivity contribution in [2.75, 3.05) is 12.4 Å². The molecule has 5 aromatic rings. The molecule has 0 amide bonds. The van der Waals surface area contributed by atoms with E-state index in [4.69, 9.17) is 4.74 Å². The summed E-state index contributed by atoms with van der Waals surface area (Å²) < 4.78 is 36.5. The van der Waals surface area contributed by atoms with Crippen LogP contribution < -0.4 is 10.1 Å². The van der Waals surface area contributed by atoms with Gasteiger partial charge in [0.25, 0.3) is 0 Å². The Morgan fingerprint density at radius 1 is 1.11 bits per heavy atom. The number of ketones is 1. The van der Waals surface area contributed by atoms with Gasteiger partial charge in [-0.15, -0.1) is 0 Å². The largest absolute Gasteiger partial charge is 0.497 e. The van der Waals surface area contributed by atoms with E-state index in [9.17, 15) is 18.7 Å². The third-order valence-corrected chi connectivity index (χ3v) is 5.93. The monoisotopic (exact) mass is 503 g/mol. The second kappa shape index (κ2) is 9.82. The van der Waals surface area contributed by atoms with Crippen LogP contribution in [0, 0.1) is 11.6 Å². The molecular formula is C27H23F2N5O3. The molecule has 3 aromatic heterocycles. The molecule has 0 spiro atoms. The number of benzene rings is 2. The maximum absolute atomic E-state index is 14.2. The van der Waals surface area contributed by atoms with Crippen molar-refractivity contribution in [3.63, 3.8) is 0 Å². The van der Waals surface area contributed by atoms with Gasteiger partial charge in [0.15, 0.2) is 5.78 Å². The minimum atomic E-state index is -0.983. The molecule has 0 bridgehead atoms. The van der Waals surface area contributed by atoms with Gasteiger partial charge in [-0.25, -0.2) is 13.3 Å². The van der Waals surface area contributed by atoms with Gasteiger partial charge in [-0.05, 0) is 48.0 Å². The smallest absolute Gasteiger partial charge is 0.194 e. The third-order valence-electron chi connectivity index (χ3n) is 5.93. The lowest BCUT2D eigenvalue weighted by Crippen LogP contribution is -2.24. The molecule has 0 fully saturated rings. The van der Waals surface area contributed by atoms with E-state index in [-0.39, 0.29) is 23.4 Å². The van der Waals surface area contributed by atoms with Crippen LogP contribution in [-0.2, 0) is 13.7 Å². The topological polar surface area (TPSA) is 93.7 Å². The Kier molecular flexibility index (Phi) is 6.41. The number of nitrogens with zero attached hydrogens (tertiary/aromatic N) is 4. The van der Waals surface area contributed by atoms with Gasteiger partial charge in [0.2, 0.25) is 0 Å². The second-order valence-electron chi connectivity index (χ2n) is 8.51. The first kappa shape index (κ1) is 24.1. The molecule has 0 saturated heterocycles. The van der Waals surface area contributed by atoms with Crippen LogP contribution in [0.1, 0.15) is 27.7 Å². The Hall–Kier alpha value is -4.57. The van der Waals surface area contributed by atoms with Crippen LogP contribution in [0.15, 0.2) is 73.1 Å². The lowest BCUT2D eigenvalue weighted by molar-refractivity contribution is 0.0967. The highest BCUT2D eigenvalue weighted by atomic mass is 19.1. The van der Waals surface area contributed by atoms with Crippen molar-refractivity contribution < 1.29 is 23.4 Å². The fraction of sp³-hybridized carbons (Fsp3) is 0.148. The maximum Gasteiger partial charge on any atom is 0.194 e. The molecule has 188 valence electrons. The van der Waals surface area contributed by atoms with Gasteiger partial charge in [-0.3, -0.25) is 9.48 Å². The van der Waals surface area contributed by atoms with Crippen molar-refractivity contribution in [1.82, 2.24) is 19.4 Å². The van der Waals surface area contributed by atoms with E-state index in [2.05, 4.69) is 15.5 Å². The fourth-order valence-electron chi connectivity index (χ4n) is 4.31. The van der Waals surface area contributed by atoms with Crippen molar-refractivity contribution in [2.24, 2.45) is 7.05 Å². The molecule has 3 heterocycles. The number of aliphatic hydroxyl groups excluding tert-OH is 1. The second-order valence-corrected chi connectivity index (χ2v) is 8.51. The molecule has 0 saturated carbocycles. The number of anilines is 1. The van der Waals surface area contributed by atoms with Gasteiger partial charge in [-0.1, -0.05) is 6.07 Å². The quantitative estimate of drug-likeness (QED) is 0.302. The lowest BCUT2D eigenvalue weighted by Gasteiger charge is -2.21. The Labute approximate surface area is 210 Å². The average molecular weight is 504 g/mol. The molecule has 2 N–H and O–H groups in total. The normalized spacial score (nSPS) is 12.0. The zero-order valence-corrected chi connectivity index (χ0v) is 20.0. The van der Waals surface area contributed by atoms with Crippen molar-refractivity contribution in [1.29, 1.82) is 0 Å². The summed E-state index contributed by atoms with van der Waals surface area (Å²) in [6, 6.07) is 14.4. The number of methoxy groups -OCH3 is 1. The number of halogens is 2. The number of hydrogen-bond acceptors (Lipinski definition) is 6. The summed E-state index contributed by atoms with van der Waals surface area (Å²) in [6.07, 6.45) is 3.14. The SMILES string of the molecule is COc1cc(CO)cc(NC(C(=O)c2cn(C)nc2-c2cc(F)cc(F)c2)c2cccc3ccnn23)c1. The van der Waals surface area contributed by atoms with E-state index in [1.54, 1.807) is 42.0 Å². The zero-order chi connectivity index (χ0) is 26.1. The third kappa shape index (κ3) is 4.78. The number of hydrogen-bond donors (Lipinski definition) is 2. The molecule has 0 aliphatic heterocycles. The van der Waals surface area contributed by atoms with Crippen molar-refractivity contribution in [3.8, 4) is 17.0 Å². The van der Waals surface area contributed by atoms with Crippen molar-refractivity contribution in [3.05, 3.63) is 102 Å². The van der Waals surface area contributed by atoms with E-state index in [1.807, 2.05) is 18.2 Å². The van der Waals surface area contributed by atoms with Crippen molar-refractivity contribution in [2.45, 2.75) is 12.6 Å². The summed E-state index contributed by atoms with van der Waals surface area (Å²) in [4.78, 5) is 14.2. The van der Waals surface area contributed by atoms with Gasteiger partial charge in [-0.2, -0.15) is 10.2 Å². The molecule has 2 aromatic carbocycles. The highest BCUT2D eigenvalue weighted by molar-refractivity contribution is 6.06. The van der Waals surface area contributed by atoms with Crippen LogP contribution in [-0.4, -0.2) is 37.4 Å². The average Bonchev–Trinajstić information content (AvgIpc) is 3.52. The number of ether oxygens (including phenoxy) is 1. The maximum atomic E-state index is 14.2. The van der Waals surface area contributed by atoms with Crippen LogP contribution in [0.25, 0.3) is 16.8 Å². The Morgan fingerprint density at radius 2 is 1.89 bits per heavy atom. The van der Waals surface area contributed by atoms with E-state index < -0.39 is 23.5 Å². The van der Waals surface area contributed by atoms with Gasteiger partial charge in [0.1, 0.15) is 29.1 Å².